The molecule has 1 aromatic carbocycles. The molecule has 2 N–H and O–H groups in total. The summed E-state index contributed by atoms with van der Waals surface area (Å²) >= 11 is 0. The number of anilines is 1. The van der Waals surface area contributed by atoms with Gasteiger partial charge in [-0.05, 0) is 18.2 Å². The summed E-state index contributed by atoms with van der Waals surface area (Å²) in [7, 11) is 2.14. The Morgan fingerprint density at radius 3 is 3.00 bits per heavy atom. The van der Waals surface area contributed by atoms with Crippen LogP contribution in [-0.2, 0) is 0 Å². The molecular weight excluding hydrogens is 188 g/mol. The van der Waals surface area contributed by atoms with E-state index in [0.717, 1.165) is 24.1 Å². The topological polar surface area (TPSA) is 44.0 Å². The number of likely N-dealkylation sites (N-methyl/N-ethyl adjacent to an activating group) is 1. The molecule has 1 fully saturated rings. The second-order valence-corrected chi connectivity index (χ2v) is 4.03. The maximum Gasteiger partial charge on any atom is 0.0931 e. The van der Waals surface area contributed by atoms with E-state index in [4.69, 9.17) is 0 Å². The van der Waals surface area contributed by atoms with Crippen LogP contribution >= 0.6 is 0 Å². The van der Waals surface area contributed by atoms with E-state index in [1.54, 1.807) is 6.33 Å². The van der Waals surface area contributed by atoms with Crippen molar-refractivity contribution >= 4 is 16.7 Å². The van der Waals surface area contributed by atoms with Crippen molar-refractivity contribution in [3.8, 4) is 0 Å². The maximum atomic E-state index is 4.21. The molecule has 0 aliphatic carbocycles. The molecule has 0 bridgehead atoms. The minimum atomic E-state index is 0.630. The second kappa shape index (κ2) is 3.24. The van der Waals surface area contributed by atoms with E-state index < -0.39 is 0 Å². The van der Waals surface area contributed by atoms with Crippen LogP contribution in [0.5, 0.6) is 0 Å². The van der Waals surface area contributed by atoms with Gasteiger partial charge >= 0.3 is 0 Å². The number of H-pyrrole nitrogens is 1. The molecule has 1 saturated heterocycles. The van der Waals surface area contributed by atoms with Crippen LogP contribution < -0.4 is 10.2 Å². The Bertz CT molecular complexity index is 472. The van der Waals surface area contributed by atoms with Crippen LogP contribution in [0.15, 0.2) is 24.5 Å². The smallest absolute Gasteiger partial charge is 0.0931 e. The molecule has 0 unspecified atom stereocenters. The molecule has 78 valence electrons. The molecule has 0 saturated carbocycles. The Balaban J connectivity index is 1.95. The van der Waals surface area contributed by atoms with E-state index in [9.17, 15) is 0 Å². The monoisotopic (exact) mass is 202 g/mol. The van der Waals surface area contributed by atoms with Crippen LogP contribution in [0, 0.1) is 0 Å². The number of aromatic amines is 1. The lowest BCUT2D eigenvalue weighted by Crippen LogP contribution is -2.56. The van der Waals surface area contributed by atoms with E-state index in [0.29, 0.717) is 6.04 Å². The SMILES string of the molecule is CN(c1ccc2nc[nH]c2c1)C1CNC1. The van der Waals surface area contributed by atoms with Crippen LogP contribution in [0.3, 0.4) is 0 Å². The molecule has 0 atom stereocenters. The first-order valence-electron chi connectivity index (χ1n) is 5.21. The summed E-state index contributed by atoms with van der Waals surface area (Å²) in [5, 5.41) is 3.28. The molecule has 0 amide bonds. The average molecular weight is 202 g/mol. The molecular formula is C11H14N4. The quantitative estimate of drug-likeness (QED) is 0.762. The fourth-order valence-corrected chi connectivity index (χ4v) is 1.90. The molecule has 0 spiro atoms. The molecule has 15 heavy (non-hydrogen) atoms. The Morgan fingerprint density at radius 2 is 2.27 bits per heavy atom. The van der Waals surface area contributed by atoms with E-state index in [1.165, 1.54) is 5.69 Å². The predicted molar refractivity (Wildman–Crippen MR) is 61.2 cm³/mol. The third-order valence-corrected chi connectivity index (χ3v) is 3.12. The number of hydrogen-bond donors (Lipinski definition) is 2. The molecule has 4 heteroatoms. The van der Waals surface area contributed by atoms with Gasteiger partial charge in [0.1, 0.15) is 0 Å². The minimum absolute atomic E-state index is 0.630. The lowest BCUT2D eigenvalue weighted by molar-refractivity contribution is 0.429. The van der Waals surface area contributed by atoms with Crippen LogP contribution in [-0.4, -0.2) is 36.1 Å². The van der Waals surface area contributed by atoms with Gasteiger partial charge in [0.15, 0.2) is 0 Å². The van der Waals surface area contributed by atoms with Gasteiger partial charge in [-0.25, -0.2) is 4.98 Å². The first kappa shape index (κ1) is 8.73. The predicted octanol–water partition coefficient (Wildman–Crippen LogP) is 0.971. The summed E-state index contributed by atoms with van der Waals surface area (Å²) in [6.07, 6.45) is 1.74. The lowest BCUT2D eigenvalue weighted by atomic mass is 10.1. The first-order chi connectivity index (χ1) is 7.34. The maximum absolute atomic E-state index is 4.21. The van der Waals surface area contributed by atoms with Crippen molar-refractivity contribution in [2.45, 2.75) is 6.04 Å². The number of rotatable bonds is 2. The van der Waals surface area contributed by atoms with Gasteiger partial charge < -0.3 is 15.2 Å². The normalized spacial score (nSPS) is 16.6. The highest BCUT2D eigenvalue weighted by Gasteiger charge is 2.21. The Hall–Kier alpha value is -1.55. The average Bonchev–Trinajstić information content (AvgIpc) is 2.61. The van der Waals surface area contributed by atoms with Gasteiger partial charge in [0.05, 0.1) is 23.4 Å². The zero-order chi connectivity index (χ0) is 10.3. The second-order valence-electron chi connectivity index (χ2n) is 4.03. The van der Waals surface area contributed by atoms with Gasteiger partial charge in [-0.1, -0.05) is 0 Å². The molecule has 2 aromatic rings. The highest BCUT2D eigenvalue weighted by molar-refractivity contribution is 5.79. The van der Waals surface area contributed by atoms with Crippen LogP contribution in [0.25, 0.3) is 11.0 Å². The van der Waals surface area contributed by atoms with E-state index in [1.807, 2.05) is 0 Å². The number of benzene rings is 1. The number of imidazole rings is 1. The van der Waals surface area contributed by atoms with Gasteiger partial charge in [-0.15, -0.1) is 0 Å². The molecule has 2 heterocycles. The lowest BCUT2D eigenvalue weighted by Gasteiger charge is -2.37. The van der Waals surface area contributed by atoms with Crippen LogP contribution in [0.2, 0.25) is 0 Å². The van der Waals surface area contributed by atoms with Crippen molar-refractivity contribution in [1.82, 2.24) is 15.3 Å². The van der Waals surface area contributed by atoms with E-state index >= 15 is 0 Å². The van der Waals surface area contributed by atoms with Crippen molar-refractivity contribution in [3.05, 3.63) is 24.5 Å². The largest absolute Gasteiger partial charge is 0.369 e. The fourth-order valence-electron chi connectivity index (χ4n) is 1.90. The van der Waals surface area contributed by atoms with Crippen molar-refractivity contribution in [3.63, 3.8) is 0 Å². The highest BCUT2D eigenvalue weighted by atomic mass is 15.2. The summed E-state index contributed by atoms with van der Waals surface area (Å²) in [5.41, 5.74) is 3.38. The van der Waals surface area contributed by atoms with Crippen molar-refractivity contribution < 1.29 is 0 Å². The van der Waals surface area contributed by atoms with Gasteiger partial charge in [0, 0.05) is 25.8 Å². The number of hydrogen-bond acceptors (Lipinski definition) is 3. The molecule has 4 nitrogen and oxygen atoms in total. The minimum Gasteiger partial charge on any atom is -0.369 e. The van der Waals surface area contributed by atoms with E-state index in [-0.39, 0.29) is 0 Å². The first-order valence-corrected chi connectivity index (χ1v) is 5.21. The fraction of sp³-hybridized carbons (Fsp3) is 0.364. The summed E-state index contributed by atoms with van der Waals surface area (Å²) in [5.74, 6) is 0. The van der Waals surface area contributed by atoms with Crippen molar-refractivity contribution in [1.29, 1.82) is 0 Å². The summed E-state index contributed by atoms with van der Waals surface area (Å²) in [6, 6.07) is 6.97. The number of nitrogens with one attached hydrogen (secondary N) is 2. The van der Waals surface area contributed by atoms with Gasteiger partial charge in [0.25, 0.3) is 0 Å². The molecule has 3 rings (SSSR count). The van der Waals surface area contributed by atoms with Gasteiger partial charge in [-0.3, -0.25) is 0 Å². The molecule has 1 aliphatic heterocycles. The van der Waals surface area contributed by atoms with Gasteiger partial charge in [0.2, 0.25) is 0 Å². The van der Waals surface area contributed by atoms with Crippen molar-refractivity contribution in [2.24, 2.45) is 0 Å². The summed E-state index contributed by atoms with van der Waals surface area (Å²) in [4.78, 5) is 9.66. The summed E-state index contributed by atoms with van der Waals surface area (Å²) in [6.45, 7) is 2.16. The molecule has 0 radical (unpaired) electrons. The molecule has 1 aliphatic rings. The Kier molecular flexibility index (Phi) is 1.89. The molecule has 1 aromatic heterocycles. The zero-order valence-electron chi connectivity index (χ0n) is 8.70. The Morgan fingerprint density at radius 1 is 1.40 bits per heavy atom. The number of fused-ring (bicyclic) bond motifs is 1. The highest BCUT2D eigenvalue weighted by Crippen LogP contribution is 2.21. The number of aromatic nitrogens is 2. The third-order valence-electron chi connectivity index (χ3n) is 3.12. The standard InChI is InChI=1S/C11H14N4/c1-15(9-5-12-6-9)8-2-3-10-11(4-8)14-7-13-10/h2-4,7,9,12H,5-6H2,1H3,(H,13,14). The number of nitrogens with zero attached hydrogens (tertiary/aromatic N) is 2. The van der Waals surface area contributed by atoms with E-state index in [2.05, 4.69) is 45.4 Å². The van der Waals surface area contributed by atoms with Gasteiger partial charge in [-0.2, -0.15) is 0 Å². The van der Waals surface area contributed by atoms with Crippen LogP contribution in [0.1, 0.15) is 0 Å². The third kappa shape index (κ3) is 1.37. The van der Waals surface area contributed by atoms with Crippen LogP contribution in [0.4, 0.5) is 5.69 Å². The Labute approximate surface area is 88.3 Å². The van der Waals surface area contributed by atoms with Crippen molar-refractivity contribution in [2.75, 3.05) is 25.0 Å². The zero-order valence-corrected chi connectivity index (χ0v) is 8.70. The summed E-state index contributed by atoms with van der Waals surface area (Å²) < 4.78 is 0.